The fourth-order valence-electron chi connectivity index (χ4n) is 3.44. The standard InChI is InChI=1S/C21H20N2O3S/c24-21-20(11-6-14-23(21)18-9-2-1-3-10-18)22-27(25,26)19-13-12-16-7-4-5-8-17(16)15-19/h1-5,7-10,12-13,15,20,22H,6,11,14H2/t20-/m1/s1. The van der Waals surface area contributed by atoms with E-state index in [9.17, 15) is 13.2 Å². The van der Waals surface area contributed by atoms with Gasteiger partial charge in [-0.1, -0.05) is 48.5 Å². The molecule has 1 saturated heterocycles. The molecule has 0 radical (unpaired) electrons. The lowest BCUT2D eigenvalue weighted by Crippen LogP contribution is -2.52. The van der Waals surface area contributed by atoms with Crippen LogP contribution in [0.25, 0.3) is 10.8 Å². The van der Waals surface area contributed by atoms with Gasteiger partial charge in [0, 0.05) is 12.2 Å². The number of hydrogen-bond donors (Lipinski definition) is 1. The van der Waals surface area contributed by atoms with Crippen LogP contribution in [0.5, 0.6) is 0 Å². The Hall–Kier alpha value is -2.70. The second-order valence-corrected chi connectivity index (χ2v) is 8.36. The quantitative estimate of drug-likeness (QED) is 0.755. The molecule has 1 amide bonds. The Kier molecular flexibility index (Phi) is 4.68. The Bertz CT molecular complexity index is 1080. The lowest BCUT2D eigenvalue weighted by atomic mass is 10.0. The molecule has 0 bridgehead atoms. The maximum atomic E-state index is 12.9. The van der Waals surface area contributed by atoms with Crippen molar-refractivity contribution in [1.29, 1.82) is 0 Å². The van der Waals surface area contributed by atoms with Gasteiger partial charge in [-0.25, -0.2) is 8.42 Å². The molecule has 5 nitrogen and oxygen atoms in total. The fourth-order valence-corrected chi connectivity index (χ4v) is 4.70. The van der Waals surface area contributed by atoms with Crippen molar-refractivity contribution in [3.63, 3.8) is 0 Å². The van der Waals surface area contributed by atoms with Gasteiger partial charge >= 0.3 is 0 Å². The summed E-state index contributed by atoms with van der Waals surface area (Å²) in [5.41, 5.74) is 0.789. The highest BCUT2D eigenvalue weighted by atomic mass is 32.2. The van der Waals surface area contributed by atoms with Crippen molar-refractivity contribution in [3.05, 3.63) is 72.8 Å². The topological polar surface area (TPSA) is 66.5 Å². The van der Waals surface area contributed by atoms with E-state index in [-0.39, 0.29) is 10.8 Å². The first-order valence-corrected chi connectivity index (χ1v) is 10.4. The third-order valence-electron chi connectivity index (χ3n) is 4.84. The summed E-state index contributed by atoms with van der Waals surface area (Å²) in [6, 6.07) is 21.2. The number of rotatable bonds is 4. The van der Waals surface area contributed by atoms with Crippen molar-refractivity contribution in [1.82, 2.24) is 4.72 Å². The number of fused-ring (bicyclic) bond motifs is 1. The number of amides is 1. The number of carbonyl (C=O) groups is 1. The third kappa shape index (κ3) is 3.59. The minimum absolute atomic E-state index is 0.172. The Morgan fingerprint density at radius 3 is 2.37 bits per heavy atom. The van der Waals surface area contributed by atoms with E-state index in [0.717, 1.165) is 22.9 Å². The molecule has 138 valence electrons. The van der Waals surface area contributed by atoms with Crippen LogP contribution in [-0.2, 0) is 14.8 Å². The largest absolute Gasteiger partial charge is 0.311 e. The Morgan fingerprint density at radius 1 is 0.889 bits per heavy atom. The van der Waals surface area contributed by atoms with Gasteiger partial charge in [0.25, 0.3) is 0 Å². The van der Waals surface area contributed by atoms with Crippen LogP contribution >= 0.6 is 0 Å². The van der Waals surface area contributed by atoms with Crippen molar-refractivity contribution in [2.24, 2.45) is 0 Å². The highest BCUT2D eigenvalue weighted by molar-refractivity contribution is 7.89. The number of carbonyl (C=O) groups excluding carboxylic acids is 1. The molecule has 0 saturated carbocycles. The average Bonchev–Trinajstić information content (AvgIpc) is 2.70. The summed E-state index contributed by atoms with van der Waals surface area (Å²) < 4.78 is 28.3. The van der Waals surface area contributed by atoms with Crippen LogP contribution in [0.4, 0.5) is 5.69 Å². The van der Waals surface area contributed by atoms with Crippen LogP contribution in [0.15, 0.2) is 77.7 Å². The maximum absolute atomic E-state index is 12.9. The second-order valence-electron chi connectivity index (χ2n) is 6.65. The van der Waals surface area contributed by atoms with Gasteiger partial charge in [0.05, 0.1) is 4.90 Å². The van der Waals surface area contributed by atoms with Crippen molar-refractivity contribution in [2.75, 3.05) is 11.4 Å². The van der Waals surface area contributed by atoms with E-state index in [4.69, 9.17) is 0 Å². The minimum atomic E-state index is -3.79. The molecule has 1 N–H and O–H groups in total. The van der Waals surface area contributed by atoms with E-state index in [1.165, 1.54) is 0 Å². The number of hydrogen-bond acceptors (Lipinski definition) is 3. The molecule has 27 heavy (non-hydrogen) atoms. The number of para-hydroxylation sites is 1. The van der Waals surface area contributed by atoms with Gasteiger partial charge < -0.3 is 4.90 Å². The Labute approximate surface area is 158 Å². The predicted octanol–water partition coefficient (Wildman–Crippen LogP) is 3.31. The van der Waals surface area contributed by atoms with Crippen LogP contribution in [0.2, 0.25) is 0 Å². The molecule has 1 heterocycles. The molecular weight excluding hydrogens is 360 g/mol. The summed E-state index contributed by atoms with van der Waals surface area (Å²) in [5, 5.41) is 1.82. The Morgan fingerprint density at radius 2 is 1.59 bits per heavy atom. The van der Waals surface area contributed by atoms with Gasteiger partial charge in [-0.2, -0.15) is 4.72 Å². The zero-order chi connectivity index (χ0) is 18.9. The van der Waals surface area contributed by atoms with Crippen molar-refractivity contribution < 1.29 is 13.2 Å². The normalized spacial score (nSPS) is 18.0. The molecule has 0 aromatic heterocycles. The molecule has 3 aromatic rings. The van der Waals surface area contributed by atoms with E-state index in [1.807, 2.05) is 54.6 Å². The molecule has 0 aliphatic carbocycles. The average molecular weight is 380 g/mol. The summed E-state index contributed by atoms with van der Waals surface area (Å²) in [6.07, 6.45) is 1.24. The predicted molar refractivity (Wildman–Crippen MR) is 106 cm³/mol. The molecule has 4 rings (SSSR count). The van der Waals surface area contributed by atoms with Gasteiger partial charge in [0.15, 0.2) is 0 Å². The summed E-state index contributed by atoms with van der Waals surface area (Å²) in [4.78, 5) is 14.7. The molecule has 1 fully saturated rings. The minimum Gasteiger partial charge on any atom is -0.311 e. The molecule has 1 aliphatic heterocycles. The zero-order valence-electron chi connectivity index (χ0n) is 14.7. The molecule has 0 spiro atoms. The van der Waals surface area contributed by atoms with E-state index < -0.39 is 16.1 Å². The number of piperidine rings is 1. The first-order chi connectivity index (χ1) is 13.0. The Balaban J connectivity index is 1.58. The maximum Gasteiger partial charge on any atom is 0.245 e. The van der Waals surface area contributed by atoms with Gasteiger partial charge in [0.1, 0.15) is 6.04 Å². The lowest BCUT2D eigenvalue weighted by Gasteiger charge is -2.32. The number of nitrogens with zero attached hydrogens (tertiary/aromatic N) is 1. The molecule has 3 aromatic carbocycles. The smallest absolute Gasteiger partial charge is 0.245 e. The molecule has 1 atom stereocenters. The lowest BCUT2D eigenvalue weighted by molar-refractivity contribution is -0.121. The summed E-state index contributed by atoms with van der Waals surface area (Å²) >= 11 is 0. The van der Waals surface area contributed by atoms with Gasteiger partial charge in [-0.3, -0.25) is 4.79 Å². The van der Waals surface area contributed by atoms with Gasteiger partial charge in [-0.15, -0.1) is 0 Å². The first-order valence-electron chi connectivity index (χ1n) is 8.92. The van der Waals surface area contributed by atoms with Crippen LogP contribution in [-0.4, -0.2) is 26.9 Å². The van der Waals surface area contributed by atoms with Crippen LogP contribution in [0.1, 0.15) is 12.8 Å². The van der Waals surface area contributed by atoms with Gasteiger partial charge in [0.2, 0.25) is 15.9 Å². The second kappa shape index (κ2) is 7.13. The highest BCUT2D eigenvalue weighted by Gasteiger charge is 2.33. The third-order valence-corrected chi connectivity index (χ3v) is 6.30. The van der Waals surface area contributed by atoms with Crippen molar-refractivity contribution in [3.8, 4) is 0 Å². The van der Waals surface area contributed by atoms with E-state index in [0.29, 0.717) is 13.0 Å². The van der Waals surface area contributed by atoms with E-state index in [1.54, 1.807) is 23.1 Å². The molecule has 0 unspecified atom stereocenters. The summed E-state index contributed by atoms with van der Waals surface area (Å²) in [6.45, 7) is 0.594. The van der Waals surface area contributed by atoms with Crippen molar-refractivity contribution >= 4 is 32.4 Å². The van der Waals surface area contributed by atoms with E-state index >= 15 is 0 Å². The fraction of sp³-hybridized carbons (Fsp3) is 0.190. The van der Waals surface area contributed by atoms with Crippen LogP contribution in [0.3, 0.4) is 0 Å². The summed E-state index contributed by atoms with van der Waals surface area (Å²) in [5.74, 6) is -0.211. The van der Waals surface area contributed by atoms with Crippen molar-refractivity contribution in [2.45, 2.75) is 23.8 Å². The highest BCUT2D eigenvalue weighted by Crippen LogP contribution is 2.23. The monoisotopic (exact) mass is 380 g/mol. The van der Waals surface area contributed by atoms with Crippen LogP contribution in [0, 0.1) is 0 Å². The number of sulfonamides is 1. The number of benzene rings is 3. The van der Waals surface area contributed by atoms with Gasteiger partial charge in [-0.05, 0) is 47.9 Å². The summed E-state index contributed by atoms with van der Waals surface area (Å²) in [7, 11) is -3.79. The number of anilines is 1. The number of nitrogens with one attached hydrogen (secondary N) is 1. The first kappa shape index (κ1) is 17.7. The molecule has 6 heteroatoms. The van der Waals surface area contributed by atoms with Crippen LogP contribution < -0.4 is 9.62 Å². The zero-order valence-corrected chi connectivity index (χ0v) is 15.5. The SMILES string of the molecule is O=C1[C@H](NS(=O)(=O)c2ccc3ccccc3c2)CCCN1c1ccccc1. The van der Waals surface area contributed by atoms with E-state index in [2.05, 4.69) is 4.72 Å². The molecular formula is C21H20N2O3S. The molecule has 1 aliphatic rings.